The summed E-state index contributed by atoms with van der Waals surface area (Å²) in [6.45, 7) is 3.19. The van der Waals surface area contributed by atoms with E-state index in [1.807, 2.05) is 31.2 Å². The molecule has 2 rings (SSSR count). The summed E-state index contributed by atoms with van der Waals surface area (Å²) < 4.78 is 5.14. The molecule has 0 aliphatic rings. The number of amides is 1. The van der Waals surface area contributed by atoms with Crippen molar-refractivity contribution in [3.8, 4) is 0 Å². The minimum Gasteiger partial charge on any atom is -0.380 e. The first-order valence-electron chi connectivity index (χ1n) is 6.82. The molecule has 0 atom stereocenters. The van der Waals surface area contributed by atoms with E-state index < -0.39 is 0 Å². The van der Waals surface area contributed by atoms with E-state index in [2.05, 4.69) is 15.6 Å². The van der Waals surface area contributed by atoms with Crippen molar-refractivity contribution in [2.75, 3.05) is 24.3 Å². The highest BCUT2D eigenvalue weighted by molar-refractivity contribution is 6.05. The standard InChI is InChI=1S/C16H19N3O2/c1-3-17-15-10-12(8-9-18-15)16(20)19-14-7-5-4-6-13(14)11-21-2/h4-10H,3,11H2,1-2H3,(H,17,18)(H,19,20). The quantitative estimate of drug-likeness (QED) is 0.856. The van der Waals surface area contributed by atoms with Gasteiger partial charge in [-0.05, 0) is 25.1 Å². The van der Waals surface area contributed by atoms with Crippen molar-refractivity contribution < 1.29 is 9.53 Å². The third-order valence-corrected chi connectivity index (χ3v) is 2.95. The third kappa shape index (κ3) is 4.03. The molecule has 0 radical (unpaired) electrons. The lowest BCUT2D eigenvalue weighted by molar-refractivity contribution is 0.102. The van der Waals surface area contributed by atoms with Crippen LogP contribution in [-0.2, 0) is 11.3 Å². The summed E-state index contributed by atoms with van der Waals surface area (Å²) in [6, 6.07) is 11.0. The fourth-order valence-corrected chi connectivity index (χ4v) is 1.97. The Bertz CT molecular complexity index is 614. The Balaban J connectivity index is 2.16. The molecule has 1 aromatic carbocycles. The van der Waals surface area contributed by atoms with Crippen molar-refractivity contribution in [3.05, 3.63) is 53.7 Å². The second kappa shape index (κ2) is 7.40. The summed E-state index contributed by atoms with van der Waals surface area (Å²) in [5, 5.41) is 5.99. The number of carbonyl (C=O) groups excluding carboxylic acids is 1. The zero-order valence-electron chi connectivity index (χ0n) is 12.2. The van der Waals surface area contributed by atoms with E-state index in [1.54, 1.807) is 25.4 Å². The molecule has 2 N–H and O–H groups in total. The molecule has 0 bridgehead atoms. The summed E-state index contributed by atoms with van der Waals surface area (Å²) in [7, 11) is 1.63. The SMILES string of the molecule is CCNc1cc(C(=O)Nc2ccccc2COC)ccn1. The maximum Gasteiger partial charge on any atom is 0.255 e. The van der Waals surface area contributed by atoms with Crippen LogP contribution in [0.25, 0.3) is 0 Å². The van der Waals surface area contributed by atoms with E-state index in [0.29, 0.717) is 18.0 Å². The molecular formula is C16H19N3O2. The number of carbonyl (C=O) groups is 1. The number of hydrogen-bond acceptors (Lipinski definition) is 4. The number of anilines is 2. The number of hydrogen-bond donors (Lipinski definition) is 2. The van der Waals surface area contributed by atoms with Gasteiger partial charge in [-0.2, -0.15) is 0 Å². The summed E-state index contributed by atoms with van der Waals surface area (Å²) in [5.74, 6) is 0.524. The van der Waals surface area contributed by atoms with Crippen LogP contribution < -0.4 is 10.6 Å². The van der Waals surface area contributed by atoms with Crippen LogP contribution in [-0.4, -0.2) is 24.5 Å². The van der Waals surface area contributed by atoms with Crippen molar-refractivity contribution in [1.82, 2.24) is 4.98 Å². The number of benzene rings is 1. The number of methoxy groups -OCH3 is 1. The van der Waals surface area contributed by atoms with Crippen LogP contribution in [0.1, 0.15) is 22.8 Å². The predicted octanol–water partition coefficient (Wildman–Crippen LogP) is 2.91. The molecule has 1 aromatic heterocycles. The van der Waals surface area contributed by atoms with Crippen molar-refractivity contribution in [2.45, 2.75) is 13.5 Å². The first kappa shape index (κ1) is 15.0. The molecule has 2 aromatic rings. The smallest absolute Gasteiger partial charge is 0.255 e. The average Bonchev–Trinajstić information content (AvgIpc) is 2.50. The molecule has 0 saturated heterocycles. The summed E-state index contributed by atoms with van der Waals surface area (Å²) in [6.07, 6.45) is 1.62. The molecule has 0 fully saturated rings. The van der Waals surface area contributed by atoms with Gasteiger partial charge in [-0.15, -0.1) is 0 Å². The van der Waals surface area contributed by atoms with Gasteiger partial charge in [0.2, 0.25) is 0 Å². The Morgan fingerprint density at radius 2 is 2.10 bits per heavy atom. The van der Waals surface area contributed by atoms with E-state index in [0.717, 1.165) is 17.8 Å². The van der Waals surface area contributed by atoms with Crippen LogP contribution in [0, 0.1) is 0 Å². The highest BCUT2D eigenvalue weighted by Crippen LogP contribution is 2.17. The van der Waals surface area contributed by atoms with E-state index in [4.69, 9.17) is 4.74 Å². The Hall–Kier alpha value is -2.40. The molecule has 5 nitrogen and oxygen atoms in total. The van der Waals surface area contributed by atoms with Gasteiger partial charge in [0.15, 0.2) is 0 Å². The Kier molecular flexibility index (Phi) is 5.29. The topological polar surface area (TPSA) is 63.2 Å². The van der Waals surface area contributed by atoms with Crippen molar-refractivity contribution >= 4 is 17.4 Å². The van der Waals surface area contributed by atoms with E-state index in [9.17, 15) is 4.79 Å². The summed E-state index contributed by atoms with van der Waals surface area (Å²) >= 11 is 0. The van der Waals surface area contributed by atoms with Gasteiger partial charge < -0.3 is 15.4 Å². The average molecular weight is 285 g/mol. The number of pyridine rings is 1. The Morgan fingerprint density at radius 1 is 1.29 bits per heavy atom. The van der Waals surface area contributed by atoms with Crippen LogP contribution in [0.5, 0.6) is 0 Å². The number of para-hydroxylation sites is 1. The van der Waals surface area contributed by atoms with Crippen LogP contribution in [0.4, 0.5) is 11.5 Å². The van der Waals surface area contributed by atoms with Gasteiger partial charge in [0.25, 0.3) is 5.91 Å². The molecule has 110 valence electrons. The highest BCUT2D eigenvalue weighted by Gasteiger charge is 2.09. The minimum absolute atomic E-state index is 0.167. The molecule has 0 saturated carbocycles. The van der Waals surface area contributed by atoms with Gasteiger partial charge in [0.05, 0.1) is 6.61 Å². The van der Waals surface area contributed by atoms with E-state index in [1.165, 1.54) is 0 Å². The van der Waals surface area contributed by atoms with Crippen LogP contribution in [0.2, 0.25) is 0 Å². The maximum atomic E-state index is 12.3. The summed E-state index contributed by atoms with van der Waals surface area (Å²) in [4.78, 5) is 16.5. The maximum absolute atomic E-state index is 12.3. The molecule has 21 heavy (non-hydrogen) atoms. The van der Waals surface area contributed by atoms with Gasteiger partial charge in [-0.3, -0.25) is 4.79 Å². The van der Waals surface area contributed by atoms with Gasteiger partial charge in [0.1, 0.15) is 5.82 Å². The zero-order valence-corrected chi connectivity index (χ0v) is 12.2. The second-order valence-electron chi connectivity index (χ2n) is 4.50. The minimum atomic E-state index is -0.167. The van der Waals surface area contributed by atoms with Crippen molar-refractivity contribution in [3.63, 3.8) is 0 Å². The van der Waals surface area contributed by atoms with Crippen molar-refractivity contribution in [2.24, 2.45) is 0 Å². The fraction of sp³-hybridized carbons (Fsp3) is 0.250. The van der Waals surface area contributed by atoms with Crippen LogP contribution in [0.3, 0.4) is 0 Å². The largest absolute Gasteiger partial charge is 0.380 e. The van der Waals surface area contributed by atoms with Crippen molar-refractivity contribution in [1.29, 1.82) is 0 Å². The predicted molar refractivity (Wildman–Crippen MR) is 83.5 cm³/mol. The Labute approximate surface area is 124 Å². The second-order valence-corrected chi connectivity index (χ2v) is 4.50. The summed E-state index contributed by atoms with van der Waals surface area (Å²) in [5.41, 5.74) is 2.26. The molecule has 5 heteroatoms. The molecular weight excluding hydrogens is 266 g/mol. The first-order chi connectivity index (χ1) is 10.2. The molecule has 0 unspecified atom stereocenters. The number of nitrogens with zero attached hydrogens (tertiary/aromatic N) is 1. The zero-order chi connectivity index (χ0) is 15.1. The van der Waals surface area contributed by atoms with Gasteiger partial charge in [-0.25, -0.2) is 4.98 Å². The lowest BCUT2D eigenvalue weighted by Crippen LogP contribution is -2.14. The van der Waals surface area contributed by atoms with Gasteiger partial charge in [0, 0.05) is 36.7 Å². The monoisotopic (exact) mass is 285 g/mol. The third-order valence-electron chi connectivity index (χ3n) is 2.95. The molecule has 1 heterocycles. The number of rotatable bonds is 6. The first-order valence-corrected chi connectivity index (χ1v) is 6.82. The van der Waals surface area contributed by atoms with Gasteiger partial charge in [-0.1, -0.05) is 18.2 Å². The Morgan fingerprint density at radius 3 is 2.86 bits per heavy atom. The lowest BCUT2D eigenvalue weighted by atomic mass is 10.1. The number of aromatic nitrogens is 1. The lowest BCUT2D eigenvalue weighted by Gasteiger charge is -2.11. The molecule has 0 spiro atoms. The van der Waals surface area contributed by atoms with Crippen LogP contribution in [0.15, 0.2) is 42.6 Å². The normalized spacial score (nSPS) is 10.2. The molecule has 1 amide bonds. The molecule has 0 aliphatic carbocycles. The number of nitrogens with one attached hydrogen (secondary N) is 2. The van der Waals surface area contributed by atoms with Gasteiger partial charge >= 0.3 is 0 Å². The fourth-order valence-electron chi connectivity index (χ4n) is 1.97. The highest BCUT2D eigenvalue weighted by atomic mass is 16.5. The van der Waals surface area contributed by atoms with Crippen LogP contribution >= 0.6 is 0 Å². The molecule has 0 aliphatic heterocycles. The van der Waals surface area contributed by atoms with E-state index in [-0.39, 0.29) is 5.91 Å². The number of ether oxygens (including phenoxy) is 1. The van der Waals surface area contributed by atoms with E-state index >= 15 is 0 Å².